The first-order valence-electron chi connectivity index (χ1n) is 9.21. The molecule has 1 aliphatic rings. The molecule has 4 nitrogen and oxygen atoms in total. The van der Waals surface area contributed by atoms with Gasteiger partial charge in [0.15, 0.2) is 5.75 Å². The summed E-state index contributed by atoms with van der Waals surface area (Å²) in [5, 5.41) is 0.542. The van der Waals surface area contributed by atoms with Crippen molar-refractivity contribution in [3.63, 3.8) is 0 Å². The second kappa shape index (κ2) is 7.42. The number of nitrogens with zero attached hydrogens (tertiary/aromatic N) is 1. The second-order valence-corrected chi connectivity index (χ2v) is 7.52. The van der Waals surface area contributed by atoms with Crippen molar-refractivity contribution in [1.29, 1.82) is 0 Å². The van der Waals surface area contributed by atoms with Gasteiger partial charge in [-0.05, 0) is 67.4 Å². The fraction of sp³-hybridized carbons (Fsp3) is 0.130. The van der Waals surface area contributed by atoms with E-state index in [1.54, 1.807) is 38.1 Å². The normalized spacial score (nSPS) is 13.5. The monoisotopic (exact) mass is 445 g/mol. The summed E-state index contributed by atoms with van der Waals surface area (Å²) in [6, 6.07) is 12.0. The summed E-state index contributed by atoms with van der Waals surface area (Å²) in [6.45, 7) is 3.53. The van der Waals surface area contributed by atoms with Gasteiger partial charge in [-0.2, -0.15) is 13.2 Å². The molecular weight excluding hydrogens is 431 g/mol. The minimum Gasteiger partial charge on any atom is -0.455 e. The van der Waals surface area contributed by atoms with Crippen molar-refractivity contribution in [3.8, 4) is 11.5 Å². The lowest BCUT2D eigenvalue weighted by atomic mass is 10.1. The second-order valence-electron chi connectivity index (χ2n) is 7.14. The molecule has 1 aliphatic heterocycles. The predicted molar refractivity (Wildman–Crippen MR) is 110 cm³/mol. The zero-order chi connectivity index (χ0) is 22.5. The Balaban J connectivity index is 1.85. The Labute approximate surface area is 180 Å². The summed E-state index contributed by atoms with van der Waals surface area (Å²) in [7, 11) is 0. The number of hydrogen-bond donors (Lipinski definition) is 0. The molecule has 0 radical (unpaired) electrons. The van der Waals surface area contributed by atoms with Gasteiger partial charge in [-0.1, -0.05) is 23.7 Å². The van der Waals surface area contributed by atoms with E-state index in [1.807, 2.05) is 0 Å². The van der Waals surface area contributed by atoms with Crippen LogP contribution < -0.4 is 9.64 Å². The van der Waals surface area contributed by atoms with Gasteiger partial charge in [0.25, 0.3) is 11.8 Å². The summed E-state index contributed by atoms with van der Waals surface area (Å²) in [4.78, 5) is 26.5. The molecule has 0 aliphatic carbocycles. The molecule has 4 rings (SSSR count). The Kier molecular flexibility index (Phi) is 5.01. The third-order valence-electron chi connectivity index (χ3n) is 4.96. The lowest BCUT2D eigenvalue weighted by Gasteiger charge is -2.20. The van der Waals surface area contributed by atoms with Crippen LogP contribution in [0.3, 0.4) is 0 Å². The lowest BCUT2D eigenvalue weighted by molar-refractivity contribution is -0.137. The molecule has 0 atom stereocenters. The fourth-order valence-electron chi connectivity index (χ4n) is 3.45. The third kappa shape index (κ3) is 3.65. The molecule has 0 fully saturated rings. The molecule has 0 saturated carbocycles. The number of anilines is 1. The van der Waals surface area contributed by atoms with Crippen molar-refractivity contribution in [2.24, 2.45) is 0 Å². The van der Waals surface area contributed by atoms with Crippen LogP contribution in [0.25, 0.3) is 0 Å². The van der Waals surface area contributed by atoms with Crippen molar-refractivity contribution < 1.29 is 27.5 Å². The largest absolute Gasteiger partial charge is 0.455 e. The molecule has 158 valence electrons. The highest BCUT2D eigenvalue weighted by atomic mass is 35.5. The first kappa shape index (κ1) is 20.9. The molecule has 1 heterocycles. The number of benzene rings is 3. The van der Waals surface area contributed by atoms with E-state index in [1.165, 1.54) is 12.1 Å². The SMILES string of the molecule is Cc1cc(Oc2ccc(C(F)(F)F)cc2N2C(=O)c3ccccc3C2=O)cc(C)c1Cl. The Morgan fingerprint density at radius 2 is 1.42 bits per heavy atom. The lowest BCUT2D eigenvalue weighted by Crippen LogP contribution is -2.30. The van der Waals surface area contributed by atoms with Gasteiger partial charge in [-0.3, -0.25) is 9.59 Å². The number of hydrogen-bond acceptors (Lipinski definition) is 3. The average Bonchev–Trinajstić information content (AvgIpc) is 2.96. The first-order chi connectivity index (χ1) is 14.6. The van der Waals surface area contributed by atoms with Crippen LogP contribution in [0.15, 0.2) is 54.6 Å². The maximum Gasteiger partial charge on any atom is 0.416 e. The van der Waals surface area contributed by atoms with Crippen molar-refractivity contribution in [2.45, 2.75) is 20.0 Å². The minimum absolute atomic E-state index is 0.0661. The third-order valence-corrected chi connectivity index (χ3v) is 5.56. The molecule has 3 aromatic carbocycles. The summed E-state index contributed by atoms with van der Waals surface area (Å²) < 4.78 is 46.0. The Hall–Kier alpha value is -3.32. The molecular formula is C23H15ClF3NO3. The Morgan fingerprint density at radius 1 is 0.871 bits per heavy atom. The van der Waals surface area contributed by atoms with E-state index in [0.29, 0.717) is 26.8 Å². The Bertz CT molecular complexity index is 1180. The number of carbonyl (C=O) groups excluding carboxylic acids is 2. The van der Waals surface area contributed by atoms with E-state index < -0.39 is 23.6 Å². The number of carbonyl (C=O) groups is 2. The van der Waals surface area contributed by atoms with Crippen LogP contribution >= 0.6 is 11.6 Å². The molecule has 0 aromatic heterocycles. The molecule has 0 spiro atoms. The summed E-state index contributed by atoms with van der Waals surface area (Å²) >= 11 is 6.17. The Morgan fingerprint density at radius 3 is 1.94 bits per heavy atom. The van der Waals surface area contributed by atoms with Crippen LogP contribution in [-0.4, -0.2) is 11.8 Å². The van der Waals surface area contributed by atoms with Gasteiger partial charge in [0.2, 0.25) is 0 Å². The molecule has 0 saturated heterocycles. The number of rotatable bonds is 3. The molecule has 0 N–H and O–H groups in total. The van der Waals surface area contributed by atoms with Crippen LogP contribution in [0.5, 0.6) is 11.5 Å². The topological polar surface area (TPSA) is 46.6 Å². The number of alkyl halides is 3. The molecule has 8 heteroatoms. The highest BCUT2D eigenvalue weighted by molar-refractivity contribution is 6.35. The zero-order valence-electron chi connectivity index (χ0n) is 16.4. The quantitative estimate of drug-likeness (QED) is 0.428. The molecule has 0 bridgehead atoms. The maximum atomic E-state index is 13.4. The number of fused-ring (bicyclic) bond motifs is 1. The summed E-state index contributed by atoms with van der Waals surface area (Å²) in [5.74, 6) is -1.18. The summed E-state index contributed by atoms with van der Waals surface area (Å²) in [5.41, 5.74) is 0.376. The van der Waals surface area contributed by atoms with E-state index in [9.17, 15) is 22.8 Å². The van der Waals surface area contributed by atoms with E-state index in [-0.39, 0.29) is 22.6 Å². The van der Waals surface area contributed by atoms with Gasteiger partial charge < -0.3 is 4.74 Å². The first-order valence-corrected chi connectivity index (χ1v) is 9.59. The highest BCUT2D eigenvalue weighted by Crippen LogP contribution is 2.42. The smallest absolute Gasteiger partial charge is 0.416 e. The number of halogens is 4. The van der Waals surface area contributed by atoms with Gasteiger partial charge in [0.05, 0.1) is 22.4 Å². The molecule has 3 aromatic rings. The number of amides is 2. The summed E-state index contributed by atoms with van der Waals surface area (Å²) in [6.07, 6.45) is -4.67. The standard InChI is InChI=1S/C23H15ClF3NO3/c1-12-9-15(10-13(2)20(12)24)31-19-8-7-14(23(25,26)27)11-18(19)28-21(29)16-5-3-4-6-17(16)22(28)30/h3-11H,1-2H3. The average molecular weight is 446 g/mol. The predicted octanol–water partition coefficient (Wildman–Crippen LogP) is 6.57. The zero-order valence-corrected chi connectivity index (χ0v) is 17.1. The van der Waals surface area contributed by atoms with E-state index in [0.717, 1.165) is 18.2 Å². The van der Waals surface area contributed by atoms with Gasteiger partial charge >= 0.3 is 6.18 Å². The van der Waals surface area contributed by atoms with E-state index in [2.05, 4.69) is 0 Å². The van der Waals surface area contributed by atoms with Crippen molar-refractivity contribution >= 4 is 29.1 Å². The van der Waals surface area contributed by atoms with E-state index in [4.69, 9.17) is 16.3 Å². The minimum atomic E-state index is -4.67. The van der Waals surface area contributed by atoms with Crippen LogP contribution in [0.2, 0.25) is 5.02 Å². The van der Waals surface area contributed by atoms with Crippen molar-refractivity contribution in [1.82, 2.24) is 0 Å². The van der Waals surface area contributed by atoms with Crippen LogP contribution in [0.1, 0.15) is 37.4 Å². The molecule has 0 unspecified atom stereocenters. The van der Waals surface area contributed by atoms with Crippen molar-refractivity contribution in [2.75, 3.05) is 4.90 Å². The highest BCUT2D eigenvalue weighted by Gasteiger charge is 2.40. The number of aryl methyl sites for hydroxylation is 2. The van der Waals surface area contributed by atoms with Gasteiger partial charge in [-0.15, -0.1) is 0 Å². The fourth-order valence-corrected chi connectivity index (χ4v) is 3.56. The van der Waals surface area contributed by atoms with Gasteiger partial charge in [-0.25, -0.2) is 4.90 Å². The maximum absolute atomic E-state index is 13.4. The van der Waals surface area contributed by atoms with Crippen LogP contribution in [0, 0.1) is 13.8 Å². The van der Waals surface area contributed by atoms with E-state index >= 15 is 0 Å². The van der Waals surface area contributed by atoms with Gasteiger partial charge in [0, 0.05) is 5.02 Å². The number of ether oxygens (including phenoxy) is 1. The van der Waals surface area contributed by atoms with Crippen LogP contribution in [0.4, 0.5) is 18.9 Å². The number of imide groups is 1. The van der Waals surface area contributed by atoms with Crippen LogP contribution in [-0.2, 0) is 6.18 Å². The van der Waals surface area contributed by atoms with Crippen molar-refractivity contribution in [3.05, 3.63) is 87.4 Å². The van der Waals surface area contributed by atoms with Gasteiger partial charge in [0.1, 0.15) is 5.75 Å². The molecule has 31 heavy (non-hydrogen) atoms. The molecule has 2 amide bonds.